The van der Waals surface area contributed by atoms with Crippen LogP contribution in [0.15, 0.2) is 41.0 Å². The third-order valence-electron chi connectivity index (χ3n) is 3.12. The van der Waals surface area contributed by atoms with Gasteiger partial charge < -0.3 is 5.32 Å². The average Bonchev–Trinajstić information content (AvgIpc) is 2.44. The van der Waals surface area contributed by atoms with Gasteiger partial charge in [0.1, 0.15) is 0 Å². The molecule has 0 fully saturated rings. The Morgan fingerprint density at radius 3 is 2.55 bits per heavy atom. The quantitative estimate of drug-likeness (QED) is 0.833. The van der Waals surface area contributed by atoms with Crippen LogP contribution in [0.25, 0.3) is 0 Å². The van der Waals surface area contributed by atoms with Crippen molar-refractivity contribution in [3.63, 3.8) is 0 Å². The fourth-order valence-corrected chi connectivity index (χ4v) is 2.56. The molecule has 0 aliphatic heterocycles. The minimum atomic E-state index is 0.306. The Morgan fingerprint density at radius 2 is 1.95 bits per heavy atom. The Kier molecular flexibility index (Phi) is 5.85. The molecule has 1 atom stereocenters. The number of nitrogens with one attached hydrogen (secondary N) is 1. The molecule has 1 aromatic heterocycles. The first-order chi connectivity index (χ1) is 9.58. The highest BCUT2D eigenvalue weighted by molar-refractivity contribution is 9.10. The molecule has 20 heavy (non-hydrogen) atoms. The first kappa shape index (κ1) is 15.8. The Morgan fingerprint density at radius 1 is 1.15 bits per heavy atom. The summed E-state index contributed by atoms with van der Waals surface area (Å²) in [6.45, 7) is 0. The van der Waals surface area contributed by atoms with E-state index >= 15 is 0 Å². The van der Waals surface area contributed by atoms with Gasteiger partial charge in [-0.1, -0.05) is 29.3 Å². The largest absolute Gasteiger partial charge is 0.316 e. The Balaban J connectivity index is 2.04. The van der Waals surface area contributed by atoms with Crippen molar-refractivity contribution in [1.82, 2.24) is 10.3 Å². The van der Waals surface area contributed by atoms with Crippen molar-refractivity contribution in [2.45, 2.75) is 18.9 Å². The molecular weight excluding hydrogens is 359 g/mol. The van der Waals surface area contributed by atoms with Gasteiger partial charge in [-0.25, -0.2) is 0 Å². The van der Waals surface area contributed by atoms with E-state index in [1.54, 1.807) is 0 Å². The molecule has 0 bridgehead atoms. The molecule has 0 spiro atoms. The number of nitrogens with zero attached hydrogens (tertiary/aromatic N) is 1. The van der Waals surface area contributed by atoms with Gasteiger partial charge in [0, 0.05) is 28.8 Å². The SMILES string of the molecule is CNC(Cc1ccc(Cl)c(Cl)c1)Cc1ccc(Br)cn1. The highest BCUT2D eigenvalue weighted by Crippen LogP contribution is 2.23. The lowest BCUT2D eigenvalue weighted by Crippen LogP contribution is -2.30. The number of rotatable bonds is 5. The van der Waals surface area contributed by atoms with Crippen LogP contribution in [0.3, 0.4) is 0 Å². The van der Waals surface area contributed by atoms with Crippen molar-refractivity contribution < 1.29 is 0 Å². The van der Waals surface area contributed by atoms with Crippen LogP contribution >= 0.6 is 39.1 Å². The van der Waals surface area contributed by atoms with E-state index in [9.17, 15) is 0 Å². The summed E-state index contributed by atoms with van der Waals surface area (Å²) >= 11 is 15.4. The van der Waals surface area contributed by atoms with Gasteiger partial charge in [0.2, 0.25) is 0 Å². The van der Waals surface area contributed by atoms with Gasteiger partial charge >= 0.3 is 0 Å². The summed E-state index contributed by atoms with van der Waals surface area (Å²) in [5.74, 6) is 0. The molecule has 2 rings (SSSR count). The van der Waals surface area contributed by atoms with Crippen molar-refractivity contribution in [2.75, 3.05) is 7.05 Å². The molecule has 0 radical (unpaired) electrons. The highest BCUT2D eigenvalue weighted by atomic mass is 79.9. The second kappa shape index (κ2) is 7.41. The maximum Gasteiger partial charge on any atom is 0.0595 e. The third-order valence-corrected chi connectivity index (χ3v) is 4.33. The zero-order valence-corrected chi connectivity index (χ0v) is 14.1. The number of hydrogen-bond donors (Lipinski definition) is 1. The number of benzene rings is 1. The van der Waals surface area contributed by atoms with E-state index in [0.29, 0.717) is 16.1 Å². The van der Waals surface area contributed by atoms with E-state index in [4.69, 9.17) is 23.2 Å². The lowest BCUT2D eigenvalue weighted by Gasteiger charge is -2.16. The smallest absolute Gasteiger partial charge is 0.0595 e. The van der Waals surface area contributed by atoms with E-state index < -0.39 is 0 Å². The van der Waals surface area contributed by atoms with Crippen LogP contribution in [-0.2, 0) is 12.8 Å². The van der Waals surface area contributed by atoms with Crippen LogP contribution in [0.1, 0.15) is 11.3 Å². The van der Waals surface area contributed by atoms with Crippen LogP contribution in [-0.4, -0.2) is 18.1 Å². The number of pyridine rings is 1. The molecule has 106 valence electrons. The van der Waals surface area contributed by atoms with E-state index in [2.05, 4.69) is 26.2 Å². The third kappa shape index (κ3) is 4.45. The summed E-state index contributed by atoms with van der Waals surface area (Å²) in [4.78, 5) is 4.41. The molecule has 0 amide bonds. The van der Waals surface area contributed by atoms with Gasteiger partial charge in [0.05, 0.1) is 10.0 Å². The van der Waals surface area contributed by atoms with Gasteiger partial charge in [-0.05, 0) is 59.2 Å². The van der Waals surface area contributed by atoms with Crippen molar-refractivity contribution in [3.8, 4) is 0 Å². The average molecular weight is 374 g/mol. The topological polar surface area (TPSA) is 24.9 Å². The molecule has 5 heteroatoms. The minimum Gasteiger partial charge on any atom is -0.316 e. The van der Waals surface area contributed by atoms with Crippen LogP contribution in [0, 0.1) is 0 Å². The predicted octanol–water partition coefficient (Wildman–Crippen LogP) is 4.52. The maximum absolute atomic E-state index is 6.05. The summed E-state index contributed by atoms with van der Waals surface area (Å²) in [5.41, 5.74) is 2.23. The molecule has 0 saturated heterocycles. The first-order valence-corrected chi connectivity index (χ1v) is 7.85. The van der Waals surface area contributed by atoms with Crippen molar-refractivity contribution in [3.05, 3.63) is 62.3 Å². The standard InChI is InChI=1S/C15H15BrCl2N2/c1-19-13(8-12-4-3-11(16)9-20-12)6-10-2-5-14(17)15(18)7-10/h2-5,7,9,13,19H,6,8H2,1H3. The zero-order chi connectivity index (χ0) is 14.5. The first-order valence-electron chi connectivity index (χ1n) is 6.30. The highest BCUT2D eigenvalue weighted by Gasteiger charge is 2.10. The number of halogens is 3. The summed E-state index contributed by atoms with van der Waals surface area (Å²) in [7, 11) is 1.96. The fraction of sp³-hybridized carbons (Fsp3) is 0.267. The van der Waals surface area contributed by atoms with Gasteiger partial charge in [-0.3, -0.25) is 4.98 Å². The molecular formula is C15H15BrCl2N2. The van der Waals surface area contributed by atoms with Crippen molar-refractivity contribution in [1.29, 1.82) is 0 Å². The normalized spacial score (nSPS) is 12.4. The van der Waals surface area contributed by atoms with Gasteiger partial charge in [0.15, 0.2) is 0 Å². The van der Waals surface area contributed by atoms with E-state index in [-0.39, 0.29) is 0 Å². The van der Waals surface area contributed by atoms with Gasteiger partial charge in [-0.15, -0.1) is 0 Å². The molecule has 1 N–H and O–H groups in total. The van der Waals surface area contributed by atoms with Crippen molar-refractivity contribution in [2.24, 2.45) is 0 Å². The summed E-state index contributed by atoms with van der Waals surface area (Å²) in [6, 6.07) is 10.1. The van der Waals surface area contributed by atoms with E-state index in [1.807, 2.05) is 43.6 Å². The van der Waals surface area contributed by atoms with Crippen LogP contribution in [0.4, 0.5) is 0 Å². The zero-order valence-electron chi connectivity index (χ0n) is 11.0. The maximum atomic E-state index is 6.05. The monoisotopic (exact) mass is 372 g/mol. The lowest BCUT2D eigenvalue weighted by atomic mass is 10.0. The molecule has 1 unspecified atom stereocenters. The van der Waals surface area contributed by atoms with E-state index in [1.165, 1.54) is 0 Å². The Bertz CT molecular complexity index is 573. The molecule has 0 aliphatic carbocycles. The van der Waals surface area contributed by atoms with Crippen LogP contribution in [0.2, 0.25) is 10.0 Å². The van der Waals surface area contributed by atoms with Crippen LogP contribution in [0.5, 0.6) is 0 Å². The van der Waals surface area contributed by atoms with Gasteiger partial charge in [-0.2, -0.15) is 0 Å². The molecule has 1 heterocycles. The molecule has 0 aliphatic rings. The summed E-state index contributed by atoms with van der Waals surface area (Å²) in [5, 5.41) is 4.51. The van der Waals surface area contributed by atoms with Crippen molar-refractivity contribution >= 4 is 39.1 Å². The Labute approximate surface area is 137 Å². The number of aromatic nitrogens is 1. The molecule has 1 aromatic carbocycles. The fourth-order valence-electron chi connectivity index (χ4n) is 2.01. The Hall–Kier alpha value is -0.610. The van der Waals surface area contributed by atoms with Crippen LogP contribution < -0.4 is 5.32 Å². The summed E-state index contributed by atoms with van der Waals surface area (Å²) < 4.78 is 0.992. The number of hydrogen-bond acceptors (Lipinski definition) is 2. The lowest BCUT2D eigenvalue weighted by molar-refractivity contribution is 0.550. The second-order valence-corrected chi connectivity index (χ2v) is 6.34. The molecule has 2 aromatic rings. The number of likely N-dealkylation sites (N-methyl/N-ethyl adjacent to an activating group) is 1. The summed E-state index contributed by atoms with van der Waals surface area (Å²) in [6.07, 6.45) is 3.57. The minimum absolute atomic E-state index is 0.306. The van der Waals surface area contributed by atoms with Gasteiger partial charge in [0.25, 0.3) is 0 Å². The molecule has 2 nitrogen and oxygen atoms in total. The second-order valence-electron chi connectivity index (χ2n) is 4.61. The van der Waals surface area contributed by atoms with E-state index in [0.717, 1.165) is 28.6 Å². The molecule has 0 saturated carbocycles. The predicted molar refractivity (Wildman–Crippen MR) is 88.7 cm³/mol.